The monoisotopic (exact) mass is 318 g/mol. The third-order valence-corrected chi connectivity index (χ3v) is 8.39. The first-order chi connectivity index (χ1) is 10.9. The van der Waals surface area contributed by atoms with Gasteiger partial charge in [-0.15, -0.1) is 0 Å². The van der Waals surface area contributed by atoms with Crippen molar-refractivity contribution in [3.8, 4) is 0 Å². The summed E-state index contributed by atoms with van der Waals surface area (Å²) in [6, 6.07) is 0. The van der Waals surface area contributed by atoms with Gasteiger partial charge in [0.1, 0.15) is 5.83 Å². The summed E-state index contributed by atoms with van der Waals surface area (Å²) in [5.41, 5.74) is 1.86. The Morgan fingerprint density at radius 1 is 1.17 bits per heavy atom. The van der Waals surface area contributed by atoms with E-state index in [1.807, 2.05) is 13.0 Å². The number of fused-ring (bicyclic) bond motifs is 5. The number of halogens is 1. The van der Waals surface area contributed by atoms with Crippen LogP contribution < -0.4 is 0 Å². The molecule has 0 heterocycles. The highest BCUT2D eigenvalue weighted by molar-refractivity contribution is 5.30. The summed E-state index contributed by atoms with van der Waals surface area (Å²) in [7, 11) is 0. The summed E-state index contributed by atoms with van der Waals surface area (Å²) in [5, 5.41) is 10.3. The maximum atomic E-state index is 13.8. The zero-order chi connectivity index (χ0) is 16.4. The molecule has 2 saturated carbocycles. The van der Waals surface area contributed by atoms with Gasteiger partial charge in [-0.25, -0.2) is 4.39 Å². The van der Waals surface area contributed by atoms with Crippen LogP contribution in [-0.4, -0.2) is 11.2 Å². The van der Waals surface area contributed by atoms with E-state index in [1.54, 1.807) is 0 Å². The molecule has 7 atom stereocenters. The van der Waals surface area contributed by atoms with Crippen molar-refractivity contribution in [2.45, 2.75) is 71.8 Å². The lowest BCUT2D eigenvalue weighted by Crippen LogP contribution is -2.50. The van der Waals surface area contributed by atoms with E-state index >= 15 is 0 Å². The zero-order valence-corrected chi connectivity index (χ0v) is 14.8. The van der Waals surface area contributed by atoms with Crippen molar-refractivity contribution in [1.29, 1.82) is 0 Å². The number of allylic oxidation sites excluding steroid dienone is 4. The quantitative estimate of drug-likeness (QED) is 0.641. The standard InChI is InChI=1S/C21H31FO/c1-13(23)17-6-7-18-16-5-4-14-12-15(22)8-10-20(14,2)19(16)9-11-21(17,18)3/h4,8,13,16-19,23H,5-7,9-12H2,1-3H3. The van der Waals surface area contributed by atoms with E-state index in [0.29, 0.717) is 23.7 Å². The Labute approximate surface area is 140 Å². The van der Waals surface area contributed by atoms with Crippen molar-refractivity contribution in [2.24, 2.45) is 34.5 Å². The maximum Gasteiger partial charge on any atom is 0.100 e. The highest BCUT2D eigenvalue weighted by Crippen LogP contribution is 2.66. The normalized spacial score (nSPS) is 50.3. The van der Waals surface area contributed by atoms with Gasteiger partial charge in [-0.1, -0.05) is 31.6 Å². The molecule has 0 bridgehead atoms. The second-order valence-corrected chi connectivity index (χ2v) is 9.26. The number of aliphatic hydroxyl groups is 1. The van der Waals surface area contributed by atoms with Gasteiger partial charge in [-0.2, -0.15) is 0 Å². The molecular formula is C21H31FO. The second kappa shape index (κ2) is 5.18. The van der Waals surface area contributed by atoms with Gasteiger partial charge >= 0.3 is 0 Å². The molecule has 0 aliphatic heterocycles. The SMILES string of the molecule is CC(O)C1CCC2C3CC=C4CC(F)=CCC4(C)C3CCC12C. The molecule has 4 aliphatic carbocycles. The van der Waals surface area contributed by atoms with Gasteiger partial charge in [-0.3, -0.25) is 0 Å². The van der Waals surface area contributed by atoms with Gasteiger partial charge in [-0.05, 0) is 80.0 Å². The van der Waals surface area contributed by atoms with Crippen LogP contribution in [0.3, 0.4) is 0 Å². The second-order valence-electron chi connectivity index (χ2n) is 9.26. The largest absolute Gasteiger partial charge is 0.393 e. The molecule has 23 heavy (non-hydrogen) atoms. The molecule has 4 aliphatic rings. The molecule has 4 rings (SSSR count). The molecule has 2 fully saturated rings. The highest BCUT2D eigenvalue weighted by atomic mass is 19.1. The predicted molar refractivity (Wildman–Crippen MR) is 91.4 cm³/mol. The summed E-state index contributed by atoms with van der Waals surface area (Å²) in [5.74, 6) is 2.72. The van der Waals surface area contributed by atoms with Gasteiger partial charge in [0, 0.05) is 6.42 Å². The van der Waals surface area contributed by atoms with Crippen molar-refractivity contribution in [2.75, 3.05) is 0 Å². The number of hydrogen-bond donors (Lipinski definition) is 1. The Kier molecular flexibility index (Phi) is 3.58. The molecule has 7 unspecified atom stereocenters. The number of aliphatic hydroxyl groups excluding tert-OH is 1. The predicted octanol–water partition coefficient (Wildman–Crippen LogP) is 5.41. The van der Waals surface area contributed by atoms with Crippen LogP contribution in [0, 0.1) is 34.5 Å². The molecule has 0 amide bonds. The average molecular weight is 318 g/mol. The van der Waals surface area contributed by atoms with Gasteiger partial charge in [0.2, 0.25) is 0 Å². The van der Waals surface area contributed by atoms with Gasteiger partial charge in [0.15, 0.2) is 0 Å². The topological polar surface area (TPSA) is 20.2 Å². The van der Waals surface area contributed by atoms with Crippen LogP contribution in [-0.2, 0) is 0 Å². The summed E-state index contributed by atoms with van der Waals surface area (Å²) in [6.45, 7) is 6.82. The smallest absolute Gasteiger partial charge is 0.100 e. The summed E-state index contributed by atoms with van der Waals surface area (Å²) in [4.78, 5) is 0. The average Bonchev–Trinajstić information content (AvgIpc) is 2.85. The van der Waals surface area contributed by atoms with Crippen LogP contribution in [0.15, 0.2) is 23.6 Å². The molecule has 1 N–H and O–H groups in total. The fraction of sp³-hybridized carbons (Fsp3) is 0.810. The van der Waals surface area contributed by atoms with E-state index in [9.17, 15) is 9.50 Å². The Bertz CT molecular complexity index is 562. The molecular weight excluding hydrogens is 287 g/mol. The maximum absolute atomic E-state index is 13.8. The minimum Gasteiger partial charge on any atom is -0.393 e. The molecule has 128 valence electrons. The summed E-state index contributed by atoms with van der Waals surface area (Å²) >= 11 is 0. The van der Waals surface area contributed by atoms with E-state index in [1.165, 1.54) is 31.3 Å². The molecule has 0 radical (unpaired) electrons. The van der Waals surface area contributed by atoms with E-state index in [0.717, 1.165) is 24.7 Å². The molecule has 0 aromatic carbocycles. The fourth-order valence-corrected chi connectivity index (χ4v) is 7.12. The number of hydrogen-bond acceptors (Lipinski definition) is 1. The van der Waals surface area contributed by atoms with Gasteiger partial charge < -0.3 is 5.11 Å². The van der Waals surface area contributed by atoms with E-state index in [4.69, 9.17) is 0 Å². The van der Waals surface area contributed by atoms with Crippen LogP contribution in [0.4, 0.5) is 4.39 Å². The van der Waals surface area contributed by atoms with Crippen LogP contribution in [0.1, 0.15) is 65.7 Å². The lowest BCUT2D eigenvalue weighted by atomic mass is 9.48. The van der Waals surface area contributed by atoms with Crippen LogP contribution in [0.5, 0.6) is 0 Å². The Hall–Kier alpha value is -0.630. The highest BCUT2D eigenvalue weighted by Gasteiger charge is 2.58. The van der Waals surface area contributed by atoms with Crippen LogP contribution >= 0.6 is 0 Å². The van der Waals surface area contributed by atoms with Crippen molar-refractivity contribution in [3.05, 3.63) is 23.6 Å². The fourth-order valence-electron chi connectivity index (χ4n) is 7.12. The summed E-state index contributed by atoms with van der Waals surface area (Å²) < 4.78 is 13.8. The van der Waals surface area contributed by atoms with Crippen LogP contribution in [0.2, 0.25) is 0 Å². The minimum atomic E-state index is -0.182. The van der Waals surface area contributed by atoms with Gasteiger partial charge in [0.05, 0.1) is 6.10 Å². The van der Waals surface area contributed by atoms with Gasteiger partial charge in [0.25, 0.3) is 0 Å². The first-order valence-corrected chi connectivity index (χ1v) is 9.58. The van der Waals surface area contributed by atoms with E-state index < -0.39 is 0 Å². The number of rotatable bonds is 1. The minimum absolute atomic E-state index is 0.0721. The third kappa shape index (κ3) is 2.13. The third-order valence-electron chi connectivity index (χ3n) is 8.39. The lowest BCUT2D eigenvalue weighted by Gasteiger charge is -2.57. The zero-order valence-electron chi connectivity index (χ0n) is 14.8. The van der Waals surface area contributed by atoms with Crippen molar-refractivity contribution in [1.82, 2.24) is 0 Å². The van der Waals surface area contributed by atoms with Crippen molar-refractivity contribution in [3.63, 3.8) is 0 Å². The molecule has 0 spiro atoms. The molecule has 0 aromatic rings. The van der Waals surface area contributed by atoms with Crippen molar-refractivity contribution >= 4 is 0 Å². The van der Waals surface area contributed by atoms with Crippen LogP contribution in [0.25, 0.3) is 0 Å². The lowest BCUT2D eigenvalue weighted by molar-refractivity contribution is -0.0579. The molecule has 0 saturated heterocycles. The first kappa shape index (κ1) is 15.9. The molecule has 1 nitrogen and oxygen atoms in total. The Morgan fingerprint density at radius 3 is 2.70 bits per heavy atom. The molecule has 2 heteroatoms. The van der Waals surface area contributed by atoms with E-state index in [2.05, 4.69) is 19.9 Å². The van der Waals surface area contributed by atoms with Crippen molar-refractivity contribution < 1.29 is 9.50 Å². The summed E-state index contributed by atoms with van der Waals surface area (Å²) in [6.07, 6.45) is 11.6. The Morgan fingerprint density at radius 2 is 1.96 bits per heavy atom. The van der Waals surface area contributed by atoms with E-state index in [-0.39, 0.29) is 17.3 Å². The Balaban J connectivity index is 1.66. The first-order valence-electron chi connectivity index (χ1n) is 9.58. The molecule has 0 aromatic heterocycles.